The van der Waals surface area contributed by atoms with Crippen LogP contribution in [-0.2, 0) is 4.79 Å². The summed E-state index contributed by atoms with van der Waals surface area (Å²) >= 11 is 3.46. The van der Waals surface area contributed by atoms with E-state index in [-0.39, 0.29) is 12.7 Å². The van der Waals surface area contributed by atoms with Crippen molar-refractivity contribution in [1.29, 1.82) is 0 Å². The predicted molar refractivity (Wildman–Crippen MR) is 120 cm³/mol. The number of aliphatic imine (C=N–C) groups is 1. The van der Waals surface area contributed by atoms with E-state index in [1.54, 1.807) is 11.0 Å². The Hall–Kier alpha value is -3.38. The Morgan fingerprint density at radius 2 is 1.80 bits per heavy atom. The lowest BCUT2D eigenvalue weighted by Crippen LogP contribution is -2.32. The van der Waals surface area contributed by atoms with Crippen LogP contribution in [0.15, 0.2) is 81.9 Å². The average Bonchev–Trinajstić information content (AvgIpc) is 3.33. The topological polar surface area (TPSA) is 51.1 Å². The number of nitrogens with zero attached hydrogens (tertiary/aromatic N) is 2. The number of hydrogen-bond donors (Lipinski definition) is 0. The first-order valence-corrected chi connectivity index (χ1v) is 10.2. The molecule has 0 radical (unpaired) electrons. The molecule has 30 heavy (non-hydrogen) atoms. The summed E-state index contributed by atoms with van der Waals surface area (Å²) in [5.74, 6) is 1.80. The molecule has 3 aromatic carbocycles. The largest absolute Gasteiger partial charge is 0.454 e. The van der Waals surface area contributed by atoms with Crippen molar-refractivity contribution in [3.8, 4) is 11.5 Å². The summed E-state index contributed by atoms with van der Waals surface area (Å²) < 4.78 is 11.8. The minimum atomic E-state index is -0.170. The zero-order valence-electron chi connectivity index (χ0n) is 16.1. The SMILES string of the molecule is Cc1cccc(N2C(=O)/C(=C/c3ccc4c(c3)OCO4)N=C2c2ccc(Br)cc2)c1. The zero-order chi connectivity index (χ0) is 20.7. The van der Waals surface area contributed by atoms with Crippen molar-refractivity contribution in [3.05, 3.63) is 93.6 Å². The molecule has 0 spiro atoms. The van der Waals surface area contributed by atoms with Gasteiger partial charge in [-0.1, -0.05) is 46.3 Å². The number of benzene rings is 3. The fourth-order valence-corrected chi connectivity index (χ4v) is 3.74. The van der Waals surface area contributed by atoms with Gasteiger partial charge in [0.1, 0.15) is 11.5 Å². The van der Waals surface area contributed by atoms with Crippen LogP contribution in [0.3, 0.4) is 0 Å². The Kier molecular flexibility index (Phi) is 4.64. The standard InChI is InChI=1S/C24H17BrN2O3/c1-15-3-2-4-19(11-15)27-23(17-6-8-18(25)9-7-17)26-20(24(27)28)12-16-5-10-21-22(13-16)30-14-29-21/h2-13H,14H2,1H3/b20-12-. The quantitative estimate of drug-likeness (QED) is 0.496. The highest BCUT2D eigenvalue weighted by molar-refractivity contribution is 9.10. The number of amidine groups is 1. The van der Waals surface area contributed by atoms with Gasteiger partial charge in [-0.05, 0) is 60.5 Å². The van der Waals surface area contributed by atoms with E-state index in [0.717, 1.165) is 26.9 Å². The van der Waals surface area contributed by atoms with E-state index in [2.05, 4.69) is 15.9 Å². The summed E-state index contributed by atoms with van der Waals surface area (Å²) in [6.07, 6.45) is 1.78. The maximum absolute atomic E-state index is 13.4. The van der Waals surface area contributed by atoms with Crippen molar-refractivity contribution in [2.45, 2.75) is 6.92 Å². The van der Waals surface area contributed by atoms with Gasteiger partial charge in [0.05, 0.1) is 5.69 Å². The molecule has 6 heteroatoms. The van der Waals surface area contributed by atoms with E-state index in [1.807, 2.05) is 73.7 Å². The molecule has 0 bridgehead atoms. The summed E-state index contributed by atoms with van der Waals surface area (Å²) in [5, 5.41) is 0. The van der Waals surface area contributed by atoms with Crippen molar-refractivity contribution in [2.75, 3.05) is 11.7 Å². The normalized spacial score (nSPS) is 16.3. The molecule has 0 aromatic heterocycles. The molecule has 5 rings (SSSR count). The van der Waals surface area contributed by atoms with Gasteiger partial charge in [-0.2, -0.15) is 0 Å². The van der Waals surface area contributed by atoms with Crippen molar-refractivity contribution < 1.29 is 14.3 Å². The predicted octanol–water partition coefficient (Wildman–Crippen LogP) is 5.32. The van der Waals surface area contributed by atoms with Crippen LogP contribution in [0.5, 0.6) is 11.5 Å². The molecular formula is C24H17BrN2O3. The number of carbonyl (C=O) groups is 1. The van der Waals surface area contributed by atoms with E-state index in [9.17, 15) is 4.79 Å². The third kappa shape index (κ3) is 3.39. The Balaban J connectivity index is 1.60. The number of amides is 1. The van der Waals surface area contributed by atoms with Crippen molar-refractivity contribution in [3.63, 3.8) is 0 Å². The maximum atomic E-state index is 13.4. The first-order valence-electron chi connectivity index (χ1n) is 9.45. The minimum Gasteiger partial charge on any atom is -0.454 e. The third-order valence-electron chi connectivity index (χ3n) is 4.92. The highest BCUT2D eigenvalue weighted by atomic mass is 79.9. The molecule has 3 aromatic rings. The molecule has 0 saturated heterocycles. The molecule has 0 unspecified atom stereocenters. The molecule has 1 amide bonds. The van der Waals surface area contributed by atoms with E-state index >= 15 is 0 Å². The van der Waals surface area contributed by atoms with E-state index in [4.69, 9.17) is 14.5 Å². The van der Waals surface area contributed by atoms with E-state index in [0.29, 0.717) is 23.0 Å². The molecule has 0 N–H and O–H groups in total. The molecule has 0 fully saturated rings. The van der Waals surface area contributed by atoms with Gasteiger partial charge in [0.15, 0.2) is 11.5 Å². The molecule has 0 saturated carbocycles. The van der Waals surface area contributed by atoms with Crippen molar-refractivity contribution in [2.24, 2.45) is 4.99 Å². The van der Waals surface area contributed by atoms with Crippen LogP contribution >= 0.6 is 15.9 Å². The van der Waals surface area contributed by atoms with Gasteiger partial charge in [-0.3, -0.25) is 9.69 Å². The number of halogens is 1. The maximum Gasteiger partial charge on any atom is 0.282 e. The number of fused-ring (bicyclic) bond motifs is 1. The van der Waals surface area contributed by atoms with Crippen LogP contribution in [0, 0.1) is 6.92 Å². The lowest BCUT2D eigenvalue weighted by Gasteiger charge is -2.19. The summed E-state index contributed by atoms with van der Waals surface area (Å²) in [7, 11) is 0. The fraction of sp³-hybridized carbons (Fsp3) is 0.0833. The Morgan fingerprint density at radius 3 is 2.60 bits per heavy atom. The highest BCUT2D eigenvalue weighted by Crippen LogP contribution is 2.34. The van der Waals surface area contributed by atoms with Gasteiger partial charge < -0.3 is 9.47 Å². The number of hydrogen-bond acceptors (Lipinski definition) is 4. The smallest absolute Gasteiger partial charge is 0.282 e. The van der Waals surface area contributed by atoms with E-state index < -0.39 is 0 Å². The number of carbonyl (C=O) groups excluding carboxylic acids is 1. The van der Waals surface area contributed by atoms with Gasteiger partial charge in [0, 0.05) is 10.0 Å². The average molecular weight is 461 g/mol. The van der Waals surface area contributed by atoms with Crippen molar-refractivity contribution in [1.82, 2.24) is 0 Å². The summed E-state index contributed by atoms with van der Waals surface area (Å²) in [4.78, 5) is 19.8. The second kappa shape index (κ2) is 7.46. The van der Waals surface area contributed by atoms with Crippen molar-refractivity contribution >= 4 is 39.4 Å². The first kappa shape index (κ1) is 18.6. The fourth-order valence-electron chi connectivity index (χ4n) is 3.48. The van der Waals surface area contributed by atoms with Gasteiger partial charge in [-0.15, -0.1) is 0 Å². The van der Waals surface area contributed by atoms with Crippen LogP contribution in [0.25, 0.3) is 6.08 Å². The van der Waals surface area contributed by atoms with Crippen LogP contribution in [0.4, 0.5) is 5.69 Å². The highest BCUT2D eigenvalue weighted by Gasteiger charge is 2.32. The van der Waals surface area contributed by atoms with Crippen LogP contribution in [0.1, 0.15) is 16.7 Å². The lowest BCUT2D eigenvalue weighted by atomic mass is 10.1. The molecule has 0 aliphatic carbocycles. The Labute approximate surface area is 182 Å². The van der Waals surface area contributed by atoms with Gasteiger partial charge in [0.2, 0.25) is 6.79 Å². The molecular weight excluding hydrogens is 444 g/mol. The lowest BCUT2D eigenvalue weighted by molar-refractivity contribution is -0.113. The molecule has 148 valence electrons. The molecule has 2 heterocycles. The Bertz CT molecular complexity index is 1220. The van der Waals surface area contributed by atoms with Crippen LogP contribution < -0.4 is 14.4 Å². The minimum absolute atomic E-state index is 0.170. The molecule has 2 aliphatic heterocycles. The summed E-state index contributed by atoms with van der Waals surface area (Å²) in [6.45, 7) is 2.21. The number of rotatable bonds is 3. The number of aryl methyl sites for hydroxylation is 1. The van der Waals surface area contributed by atoms with Crippen LogP contribution in [0.2, 0.25) is 0 Å². The summed E-state index contributed by atoms with van der Waals surface area (Å²) in [6, 6.07) is 21.2. The third-order valence-corrected chi connectivity index (χ3v) is 5.45. The van der Waals surface area contributed by atoms with Gasteiger partial charge >= 0.3 is 0 Å². The summed E-state index contributed by atoms with van der Waals surface area (Å²) in [5.41, 5.74) is 3.92. The molecule has 5 nitrogen and oxygen atoms in total. The second-order valence-electron chi connectivity index (χ2n) is 7.06. The number of anilines is 1. The number of ether oxygens (including phenoxy) is 2. The van der Waals surface area contributed by atoms with Gasteiger partial charge in [-0.25, -0.2) is 4.99 Å². The van der Waals surface area contributed by atoms with Crippen LogP contribution in [-0.4, -0.2) is 18.5 Å². The molecule has 2 aliphatic rings. The Morgan fingerprint density at radius 1 is 1.00 bits per heavy atom. The molecule has 0 atom stereocenters. The van der Waals surface area contributed by atoms with Gasteiger partial charge in [0.25, 0.3) is 5.91 Å². The first-order chi connectivity index (χ1) is 14.6. The van der Waals surface area contributed by atoms with E-state index in [1.165, 1.54) is 0 Å². The zero-order valence-corrected chi connectivity index (χ0v) is 17.7. The second-order valence-corrected chi connectivity index (χ2v) is 7.98. The monoisotopic (exact) mass is 460 g/mol.